The summed E-state index contributed by atoms with van der Waals surface area (Å²) in [6.45, 7) is 16.8. The van der Waals surface area contributed by atoms with Crippen molar-refractivity contribution in [3.05, 3.63) is 12.2 Å². The highest BCUT2D eigenvalue weighted by Gasteiger charge is 2.45. The Bertz CT molecular complexity index is 329. The van der Waals surface area contributed by atoms with Gasteiger partial charge in [0.05, 0.1) is 0 Å². The van der Waals surface area contributed by atoms with E-state index in [1.807, 2.05) is 0 Å². The van der Waals surface area contributed by atoms with Crippen LogP contribution in [0.4, 0.5) is 0 Å². The molecule has 0 heterocycles. The van der Waals surface area contributed by atoms with Gasteiger partial charge in [0, 0.05) is 0 Å². The number of hydrogen-bond donors (Lipinski definition) is 0. The van der Waals surface area contributed by atoms with Gasteiger partial charge in [0.25, 0.3) is 0 Å². The zero-order valence-electron chi connectivity index (χ0n) is 16.5. The number of rotatable bonds is 10. The zero-order valence-corrected chi connectivity index (χ0v) is 16.5. The van der Waals surface area contributed by atoms with Gasteiger partial charge in [0.15, 0.2) is 0 Å². The van der Waals surface area contributed by atoms with Crippen molar-refractivity contribution >= 4 is 0 Å². The van der Waals surface area contributed by atoms with E-state index in [0.717, 1.165) is 29.6 Å². The van der Waals surface area contributed by atoms with Gasteiger partial charge in [-0.1, -0.05) is 92.7 Å². The van der Waals surface area contributed by atoms with Crippen molar-refractivity contribution in [3.8, 4) is 0 Å². The van der Waals surface area contributed by atoms with Gasteiger partial charge < -0.3 is 0 Å². The number of allylic oxidation sites excluding steroid dienone is 2. The van der Waals surface area contributed by atoms with E-state index in [2.05, 4.69) is 60.6 Å². The lowest BCUT2D eigenvalue weighted by Crippen LogP contribution is -2.44. The van der Waals surface area contributed by atoms with Gasteiger partial charge in [-0.25, -0.2) is 0 Å². The summed E-state index contributed by atoms with van der Waals surface area (Å²) in [5, 5.41) is 0. The molecule has 1 aliphatic carbocycles. The molecule has 1 aliphatic rings. The Kier molecular flexibility index (Phi) is 8.22. The van der Waals surface area contributed by atoms with E-state index in [0.29, 0.717) is 5.41 Å². The van der Waals surface area contributed by atoms with E-state index >= 15 is 0 Å². The molecule has 6 atom stereocenters. The molecule has 0 aromatic carbocycles. The van der Waals surface area contributed by atoms with Gasteiger partial charge in [-0.3, -0.25) is 0 Å². The molecule has 0 amide bonds. The molecule has 130 valence electrons. The molecule has 0 bridgehead atoms. The molecule has 0 aliphatic heterocycles. The Morgan fingerprint density at radius 1 is 1.14 bits per heavy atom. The highest BCUT2D eigenvalue weighted by molar-refractivity contribution is 5.07. The van der Waals surface area contributed by atoms with Crippen molar-refractivity contribution in [2.24, 2.45) is 35.0 Å². The van der Waals surface area contributed by atoms with Crippen molar-refractivity contribution < 1.29 is 0 Å². The Morgan fingerprint density at radius 3 is 2.32 bits per heavy atom. The molecule has 22 heavy (non-hydrogen) atoms. The molecular weight excluding hydrogens is 264 g/mol. The molecule has 6 unspecified atom stereocenters. The molecule has 1 rings (SSSR count). The predicted molar refractivity (Wildman–Crippen MR) is 101 cm³/mol. The summed E-state index contributed by atoms with van der Waals surface area (Å²) < 4.78 is 0. The van der Waals surface area contributed by atoms with Crippen molar-refractivity contribution in [2.75, 3.05) is 0 Å². The third-order valence-corrected chi connectivity index (χ3v) is 6.96. The van der Waals surface area contributed by atoms with E-state index in [4.69, 9.17) is 0 Å². The first kappa shape index (κ1) is 19.8. The predicted octanol–water partition coefficient (Wildman–Crippen LogP) is 7.49. The molecule has 0 saturated heterocycles. The largest absolute Gasteiger partial charge is 0.0851 e. The standard InChI is InChI=1S/C22H42/c1-8-17(4)12-11-13-20-16-21(19(20)6)22(7,10-3)15-14-18(5)9-2/h14-15,17-21H,8-13,16H2,1-7H3. The zero-order chi connectivity index (χ0) is 16.8. The summed E-state index contributed by atoms with van der Waals surface area (Å²) in [5.74, 6) is 4.48. The summed E-state index contributed by atoms with van der Waals surface area (Å²) >= 11 is 0. The van der Waals surface area contributed by atoms with Crippen molar-refractivity contribution in [2.45, 2.75) is 93.4 Å². The summed E-state index contributed by atoms with van der Waals surface area (Å²) in [7, 11) is 0. The van der Waals surface area contributed by atoms with Crippen LogP contribution < -0.4 is 0 Å². The fourth-order valence-electron chi connectivity index (χ4n) is 4.10. The maximum atomic E-state index is 2.57. The van der Waals surface area contributed by atoms with Gasteiger partial charge in [0.1, 0.15) is 0 Å². The Balaban J connectivity index is 2.48. The number of hydrogen-bond acceptors (Lipinski definition) is 0. The Labute approximate surface area is 141 Å². The topological polar surface area (TPSA) is 0 Å². The van der Waals surface area contributed by atoms with E-state index in [-0.39, 0.29) is 0 Å². The smallest absolute Gasteiger partial charge is 0.0118 e. The highest BCUT2D eigenvalue weighted by Crippen LogP contribution is 2.53. The fourth-order valence-corrected chi connectivity index (χ4v) is 4.10. The lowest BCUT2D eigenvalue weighted by Gasteiger charge is -2.52. The molecule has 1 fully saturated rings. The van der Waals surface area contributed by atoms with Gasteiger partial charge in [-0.2, -0.15) is 0 Å². The molecule has 0 spiro atoms. The van der Waals surface area contributed by atoms with E-state index < -0.39 is 0 Å². The highest BCUT2D eigenvalue weighted by atomic mass is 14.5. The van der Waals surface area contributed by atoms with Crippen molar-refractivity contribution in [1.29, 1.82) is 0 Å². The van der Waals surface area contributed by atoms with Gasteiger partial charge in [0.2, 0.25) is 0 Å². The third kappa shape index (κ3) is 5.14. The maximum Gasteiger partial charge on any atom is -0.0118 e. The summed E-state index contributed by atoms with van der Waals surface area (Å²) in [4.78, 5) is 0. The second-order valence-electron chi connectivity index (χ2n) is 8.51. The lowest BCUT2D eigenvalue weighted by atomic mass is 9.53. The van der Waals surface area contributed by atoms with Crippen LogP contribution in [0.25, 0.3) is 0 Å². The van der Waals surface area contributed by atoms with Crippen LogP contribution in [-0.4, -0.2) is 0 Å². The van der Waals surface area contributed by atoms with Gasteiger partial charge in [-0.15, -0.1) is 0 Å². The van der Waals surface area contributed by atoms with Crippen LogP contribution in [0, 0.1) is 35.0 Å². The van der Waals surface area contributed by atoms with Crippen molar-refractivity contribution in [1.82, 2.24) is 0 Å². The van der Waals surface area contributed by atoms with Gasteiger partial charge >= 0.3 is 0 Å². The molecule has 0 N–H and O–H groups in total. The molecule has 0 radical (unpaired) electrons. The average Bonchev–Trinajstić information content (AvgIpc) is 2.53. The van der Waals surface area contributed by atoms with E-state index in [9.17, 15) is 0 Å². The van der Waals surface area contributed by atoms with Crippen LogP contribution >= 0.6 is 0 Å². The van der Waals surface area contributed by atoms with Crippen LogP contribution in [0.5, 0.6) is 0 Å². The molecule has 0 heteroatoms. The maximum absolute atomic E-state index is 2.57. The van der Waals surface area contributed by atoms with Crippen LogP contribution in [0.3, 0.4) is 0 Å². The summed E-state index contributed by atoms with van der Waals surface area (Å²) in [6, 6.07) is 0. The van der Waals surface area contributed by atoms with E-state index in [1.165, 1.54) is 44.9 Å². The van der Waals surface area contributed by atoms with Crippen LogP contribution in [-0.2, 0) is 0 Å². The minimum atomic E-state index is 0.427. The molecular formula is C22H42. The molecule has 0 nitrogen and oxygen atoms in total. The minimum absolute atomic E-state index is 0.427. The third-order valence-electron chi connectivity index (χ3n) is 6.96. The normalized spacial score (nSPS) is 30.8. The fraction of sp³-hybridized carbons (Fsp3) is 0.909. The first-order valence-corrected chi connectivity index (χ1v) is 10.1. The van der Waals surface area contributed by atoms with Crippen LogP contribution in [0.1, 0.15) is 93.4 Å². The van der Waals surface area contributed by atoms with Crippen LogP contribution in [0.15, 0.2) is 12.2 Å². The average molecular weight is 307 g/mol. The summed E-state index contributed by atoms with van der Waals surface area (Å²) in [5.41, 5.74) is 0.427. The second-order valence-corrected chi connectivity index (χ2v) is 8.51. The molecule has 1 saturated carbocycles. The Hall–Kier alpha value is -0.260. The summed E-state index contributed by atoms with van der Waals surface area (Å²) in [6.07, 6.45) is 14.8. The van der Waals surface area contributed by atoms with Crippen LogP contribution in [0.2, 0.25) is 0 Å². The monoisotopic (exact) mass is 306 g/mol. The molecule has 0 aromatic rings. The molecule has 0 aromatic heterocycles. The Morgan fingerprint density at radius 2 is 1.82 bits per heavy atom. The minimum Gasteiger partial charge on any atom is -0.0851 e. The van der Waals surface area contributed by atoms with Gasteiger partial charge in [-0.05, 0) is 47.8 Å². The second kappa shape index (κ2) is 9.14. The lowest BCUT2D eigenvalue weighted by molar-refractivity contribution is -0.00223. The quantitative estimate of drug-likeness (QED) is 0.367. The van der Waals surface area contributed by atoms with Crippen molar-refractivity contribution in [3.63, 3.8) is 0 Å². The van der Waals surface area contributed by atoms with E-state index in [1.54, 1.807) is 0 Å². The first-order chi connectivity index (χ1) is 10.4. The SMILES string of the molecule is CCC(C)C=CC(C)(CC)C1CC(CCCC(C)CC)C1C. The first-order valence-electron chi connectivity index (χ1n) is 10.1.